The summed E-state index contributed by atoms with van der Waals surface area (Å²) in [5, 5.41) is 0.285. The number of hydrogen-bond donors (Lipinski definition) is 1. The summed E-state index contributed by atoms with van der Waals surface area (Å²) in [6.07, 6.45) is 1.76. The summed E-state index contributed by atoms with van der Waals surface area (Å²) in [6.45, 7) is 12.2. The normalized spacial score (nSPS) is 12.7. The van der Waals surface area contributed by atoms with Gasteiger partial charge in [0.1, 0.15) is 0 Å². The maximum absolute atomic E-state index is 6.13. The Balaban J connectivity index is 2.25. The van der Waals surface area contributed by atoms with Crippen molar-refractivity contribution in [3.63, 3.8) is 0 Å². The highest BCUT2D eigenvalue weighted by atomic mass is 32.2. The van der Waals surface area contributed by atoms with E-state index in [9.17, 15) is 0 Å². The van der Waals surface area contributed by atoms with Crippen LogP contribution in [0.5, 0.6) is 0 Å². The largest absolute Gasteiger partial charge is 0.416 e. The number of anilines is 1. The first kappa shape index (κ1) is 16.5. The standard InChI is InChI=1S/C14H26N2OSSi/c1-14(2,3)19(4,5)17-8-9-18-11-13-10-12(15)6-7-16-13/h6-7,10H,8-9,11H2,1-5H3,(H2,15,16). The lowest BCUT2D eigenvalue weighted by Crippen LogP contribution is -2.41. The highest BCUT2D eigenvalue weighted by Gasteiger charge is 2.36. The van der Waals surface area contributed by atoms with Crippen LogP contribution in [0.25, 0.3) is 0 Å². The van der Waals surface area contributed by atoms with Crippen molar-refractivity contribution in [1.29, 1.82) is 0 Å². The number of rotatable bonds is 6. The molecule has 0 saturated heterocycles. The second-order valence-corrected chi connectivity index (χ2v) is 12.2. The van der Waals surface area contributed by atoms with E-state index in [4.69, 9.17) is 10.2 Å². The first-order chi connectivity index (χ1) is 8.72. The first-order valence-electron chi connectivity index (χ1n) is 6.64. The molecule has 5 heteroatoms. The van der Waals surface area contributed by atoms with Crippen molar-refractivity contribution in [3.8, 4) is 0 Å². The van der Waals surface area contributed by atoms with E-state index < -0.39 is 8.32 Å². The van der Waals surface area contributed by atoms with Crippen molar-refractivity contribution in [3.05, 3.63) is 24.0 Å². The molecule has 1 heterocycles. The number of nitrogen functional groups attached to an aromatic ring is 1. The number of nitrogens with two attached hydrogens (primary N) is 1. The minimum absolute atomic E-state index is 0.285. The van der Waals surface area contributed by atoms with Gasteiger partial charge in [-0.1, -0.05) is 20.8 Å². The second-order valence-electron chi connectivity index (χ2n) is 6.24. The minimum Gasteiger partial charge on any atom is -0.416 e. The Morgan fingerprint density at radius 2 is 2.05 bits per heavy atom. The smallest absolute Gasteiger partial charge is 0.192 e. The van der Waals surface area contributed by atoms with Gasteiger partial charge in [0, 0.05) is 30.0 Å². The lowest BCUT2D eigenvalue weighted by atomic mass is 10.2. The molecule has 0 atom stereocenters. The maximum Gasteiger partial charge on any atom is 0.192 e. The van der Waals surface area contributed by atoms with Crippen LogP contribution in [0.1, 0.15) is 26.5 Å². The lowest BCUT2D eigenvalue weighted by molar-refractivity contribution is 0.311. The number of pyridine rings is 1. The molecule has 0 bridgehead atoms. The molecule has 1 aromatic rings. The van der Waals surface area contributed by atoms with Crippen molar-refractivity contribution >= 4 is 25.8 Å². The zero-order valence-electron chi connectivity index (χ0n) is 12.7. The van der Waals surface area contributed by atoms with Gasteiger partial charge in [0.2, 0.25) is 0 Å². The van der Waals surface area contributed by atoms with Crippen LogP contribution < -0.4 is 5.73 Å². The van der Waals surface area contributed by atoms with E-state index in [0.29, 0.717) is 0 Å². The predicted octanol–water partition coefficient (Wildman–Crippen LogP) is 3.92. The van der Waals surface area contributed by atoms with E-state index in [1.54, 1.807) is 6.20 Å². The van der Waals surface area contributed by atoms with E-state index in [2.05, 4.69) is 38.8 Å². The fraction of sp³-hybridized carbons (Fsp3) is 0.643. The Morgan fingerprint density at radius 3 is 2.63 bits per heavy atom. The zero-order valence-corrected chi connectivity index (χ0v) is 14.5. The summed E-state index contributed by atoms with van der Waals surface area (Å²) >= 11 is 1.85. The van der Waals surface area contributed by atoms with Crippen molar-refractivity contribution in [2.24, 2.45) is 0 Å². The highest BCUT2D eigenvalue weighted by Crippen LogP contribution is 2.36. The number of nitrogens with zero attached hydrogens (tertiary/aromatic N) is 1. The lowest BCUT2D eigenvalue weighted by Gasteiger charge is -2.36. The molecule has 0 spiro atoms. The van der Waals surface area contributed by atoms with E-state index in [0.717, 1.165) is 29.5 Å². The summed E-state index contributed by atoms with van der Waals surface area (Å²) in [5.74, 6) is 1.90. The van der Waals surface area contributed by atoms with E-state index >= 15 is 0 Å². The Morgan fingerprint density at radius 1 is 1.37 bits per heavy atom. The quantitative estimate of drug-likeness (QED) is 0.639. The summed E-state index contributed by atoms with van der Waals surface area (Å²) < 4.78 is 6.13. The molecule has 0 aromatic carbocycles. The third kappa shape index (κ3) is 5.54. The van der Waals surface area contributed by atoms with Gasteiger partial charge >= 0.3 is 0 Å². The molecule has 0 saturated carbocycles. The fourth-order valence-electron chi connectivity index (χ4n) is 1.32. The number of thioether (sulfide) groups is 1. The van der Waals surface area contributed by atoms with Gasteiger partial charge in [0.15, 0.2) is 8.32 Å². The second kappa shape index (κ2) is 6.77. The van der Waals surface area contributed by atoms with Gasteiger partial charge < -0.3 is 10.2 Å². The SMILES string of the molecule is CC(C)(C)[Si](C)(C)OCCSCc1cc(N)ccn1. The number of aromatic nitrogens is 1. The topological polar surface area (TPSA) is 48.1 Å². The molecular weight excluding hydrogens is 272 g/mol. The van der Waals surface area contributed by atoms with E-state index in [-0.39, 0.29) is 5.04 Å². The molecule has 0 aliphatic carbocycles. The van der Waals surface area contributed by atoms with E-state index in [1.807, 2.05) is 23.9 Å². The molecule has 1 rings (SSSR count). The minimum atomic E-state index is -1.59. The molecule has 3 nitrogen and oxygen atoms in total. The molecule has 0 aliphatic rings. The summed E-state index contributed by atoms with van der Waals surface area (Å²) in [6, 6.07) is 3.75. The van der Waals surface area contributed by atoms with Gasteiger partial charge in [-0.05, 0) is 30.3 Å². The Kier molecular flexibility index (Phi) is 5.89. The average Bonchev–Trinajstić information content (AvgIpc) is 2.27. The van der Waals surface area contributed by atoms with Crippen LogP contribution in [0.4, 0.5) is 5.69 Å². The molecule has 19 heavy (non-hydrogen) atoms. The Hall–Kier alpha value is -0.523. The molecule has 2 N–H and O–H groups in total. The molecule has 1 aromatic heterocycles. The molecule has 0 fully saturated rings. The van der Waals surface area contributed by atoms with Crippen LogP contribution in [-0.4, -0.2) is 25.7 Å². The maximum atomic E-state index is 6.13. The fourth-order valence-corrected chi connectivity index (χ4v) is 3.23. The first-order valence-corrected chi connectivity index (χ1v) is 10.7. The van der Waals surface area contributed by atoms with E-state index in [1.165, 1.54) is 0 Å². The van der Waals surface area contributed by atoms with Crippen LogP contribution in [0.2, 0.25) is 18.1 Å². The van der Waals surface area contributed by atoms with Gasteiger partial charge in [-0.15, -0.1) is 0 Å². The van der Waals surface area contributed by atoms with Gasteiger partial charge in [0.05, 0.1) is 5.69 Å². The molecule has 0 radical (unpaired) electrons. The molecule has 108 valence electrons. The molecule has 0 unspecified atom stereocenters. The Bertz CT molecular complexity index is 405. The van der Waals surface area contributed by atoms with Crippen molar-refractivity contribution in [1.82, 2.24) is 4.98 Å². The van der Waals surface area contributed by atoms with Gasteiger partial charge in [0.25, 0.3) is 0 Å². The monoisotopic (exact) mass is 298 g/mol. The molecule has 0 aliphatic heterocycles. The zero-order chi connectivity index (χ0) is 14.5. The van der Waals surface area contributed by atoms with Crippen LogP contribution in [0, 0.1) is 0 Å². The van der Waals surface area contributed by atoms with Crippen molar-refractivity contribution in [2.75, 3.05) is 18.1 Å². The van der Waals surface area contributed by atoms with Gasteiger partial charge in [-0.25, -0.2) is 0 Å². The van der Waals surface area contributed by atoms with Crippen LogP contribution in [-0.2, 0) is 10.2 Å². The Labute approximate surface area is 122 Å². The summed E-state index contributed by atoms with van der Waals surface area (Å²) in [5.41, 5.74) is 7.55. The van der Waals surface area contributed by atoms with Gasteiger partial charge in [-0.3, -0.25) is 4.98 Å². The summed E-state index contributed by atoms with van der Waals surface area (Å²) in [4.78, 5) is 4.29. The van der Waals surface area contributed by atoms with Crippen molar-refractivity contribution in [2.45, 2.75) is 44.7 Å². The van der Waals surface area contributed by atoms with Crippen LogP contribution in [0.3, 0.4) is 0 Å². The third-order valence-corrected chi connectivity index (χ3v) is 9.08. The predicted molar refractivity (Wildman–Crippen MR) is 88.0 cm³/mol. The molecular formula is C14H26N2OSSi. The van der Waals surface area contributed by atoms with Crippen LogP contribution >= 0.6 is 11.8 Å². The average molecular weight is 299 g/mol. The van der Waals surface area contributed by atoms with Crippen molar-refractivity contribution < 1.29 is 4.43 Å². The highest BCUT2D eigenvalue weighted by molar-refractivity contribution is 7.98. The van der Waals surface area contributed by atoms with Crippen LogP contribution in [0.15, 0.2) is 18.3 Å². The third-order valence-electron chi connectivity index (χ3n) is 3.59. The summed E-state index contributed by atoms with van der Waals surface area (Å²) in [7, 11) is -1.59. The number of hydrogen-bond acceptors (Lipinski definition) is 4. The molecule has 0 amide bonds. The van der Waals surface area contributed by atoms with Gasteiger partial charge in [-0.2, -0.15) is 11.8 Å².